The van der Waals surface area contributed by atoms with Crippen LogP contribution in [0.1, 0.15) is 17.4 Å². The second-order valence-electron chi connectivity index (χ2n) is 6.21. The molecule has 2 aromatic carbocycles. The highest BCUT2D eigenvalue weighted by molar-refractivity contribution is 7.15. The predicted octanol–water partition coefficient (Wildman–Crippen LogP) is 5.59. The molecule has 0 aliphatic heterocycles. The molecule has 1 N–H and O–H groups in total. The molecule has 0 saturated carbocycles. The first-order valence-corrected chi connectivity index (χ1v) is 9.69. The van der Waals surface area contributed by atoms with Crippen molar-refractivity contribution in [1.82, 2.24) is 10.1 Å². The molecular weight excluding hydrogens is 398 g/mol. The molecule has 2 aromatic heterocycles. The minimum Gasteiger partial charge on any atom is -0.454 e. The van der Waals surface area contributed by atoms with Crippen molar-refractivity contribution in [3.63, 3.8) is 0 Å². The molecular formula is C21H16F2N2O3S. The maximum Gasteiger partial charge on any atom is 0.258 e. The standard InChI is InChI=1S/C21H16F2N2O3S/c1-2-12-8-16(11-26)29-19(12)20-24-21(28-25-20)13-6-7-18(17(23)9-13)27-15-5-3-4-14(22)10-15/h3-10,26H,2,11H2,1H3. The summed E-state index contributed by atoms with van der Waals surface area (Å²) in [6, 6.07) is 11.6. The third kappa shape index (κ3) is 4.03. The van der Waals surface area contributed by atoms with E-state index >= 15 is 0 Å². The van der Waals surface area contributed by atoms with Crippen LogP contribution in [0, 0.1) is 11.6 Å². The summed E-state index contributed by atoms with van der Waals surface area (Å²) in [5.41, 5.74) is 1.40. The number of aryl methyl sites for hydroxylation is 1. The molecule has 4 aromatic rings. The zero-order valence-electron chi connectivity index (χ0n) is 15.4. The summed E-state index contributed by atoms with van der Waals surface area (Å²) < 4.78 is 38.4. The monoisotopic (exact) mass is 414 g/mol. The number of rotatable bonds is 6. The molecule has 5 nitrogen and oxygen atoms in total. The molecule has 4 rings (SSSR count). The van der Waals surface area contributed by atoms with Crippen LogP contribution in [-0.4, -0.2) is 15.2 Å². The zero-order chi connectivity index (χ0) is 20.4. The summed E-state index contributed by atoms with van der Waals surface area (Å²) in [7, 11) is 0. The number of hydrogen-bond donors (Lipinski definition) is 1. The Morgan fingerprint density at radius 1 is 1.14 bits per heavy atom. The van der Waals surface area contributed by atoms with Crippen molar-refractivity contribution < 1.29 is 23.1 Å². The lowest BCUT2D eigenvalue weighted by molar-refractivity contribution is 0.285. The largest absolute Gasteiger partial charge is 0.454 e. The van der Waals surface area contributed by atoms with E-state index in [0.717, 1.165) is 21.7 Å². The Morgan fingerprint density at radius 3 is 2.72 bits per heavy atom. The summed E-state index contributed by atoms with van der Waals surface area (Å²) in [6.45, 7) is 1.95. The lowest BCUT2D eigenvalue weighted by Gasteiger charge is -2.07. The van der Waals surface area contributed by atoms with E-state index in [-0.39, 0.29) is 24.0 Å². The summed E-state index contributed by atoms with van der Waals surface area (Å²) in [4.78, 5) is 6.00. The Hall–Kier alpha value is -3.10. The van der Waals surface area contributed by atoms with Gasteiger partial charge in [-0.1, -0.05) is 18.1 Å². The van der Waals surface area contributed by atoms with Crippen LogP contribution in [0.3, 0.4) is 0 Å². The average Bonchev–Trinajstić information content (AvgIpc) is 3.36. The maximum absolute atomic E-state index is 14.5. The number of nitrogens with zero attached hydrogens (tertiary/aromatic N) is 2. The van der Waals surface area contributed by atoms with Crippen LogP contribution in [-0.2, 0) is 13.0 Å². The Kier molecular flexibility index (Phi) is 5.37. The van der Waals surface area contributed by atoms with Crippen LogP contribution in [0.4, 0.5) is 8.78 Å². The molecule has 2 heterocycles. The number of halogens is 2. The molecule has 0 saturated heterocycles. The first-order chi connectivity index (χ1) is 14.1. The van der Waals surface area contributed by atoms with Gasteiger partial charge >= 0.3 is 0 Å². The molecule has 0 fully saturated rings. The van der Waals surface area contributed by atoms with E-state index in [2.05, 4.69) is 10.1 Å². The van der Waals surface area contributed by atoms with Gasteiger partial charge in [0, 0.05) is 16.5 Å². The van der Waals surface area contributed by atoms with Crippen LogP contribution >= 0.6 is 11.3 Å². The minimum atomic E-state index is -0.639. The summed E-state index contributed by atoms with van der Waals surface area (Å²) in [5.74, 6) is -0.402. The van der Waals surface area contributed by atoms with Gasteiger partial charge in [0.15, 0.2) is 11.6 Å². The van der Waals surface area contributed by atoms with Crippen molar-refractivity contribution in [1.29, 1.82) is 0 Å². The molecule has 0 aliphatic rings. The van der Waals surface area contributed by atoms with E-state index < -0.39 is 11.6 Å². The molecule has 0 spiro atoms. The fourth-order valence-corrected chi connectivity index (χ4v) is 3.86. The zero-order valence-corrected chi connectivity index (χ0v) is 16.2. The molecule has 29 heavy (non-hydrogen) atoms. The number of thiophene rings is 1. The first-order valence-electron chi connectivity index (χ1n) is 8.87. The number of aliphatic hydroxyl groups is 1. The van der Waals surface area contributed by atoms with Crippen molar-refractivity contribution in [2.45, 2.75) is 20.0 Å². The van der Waals surface area contributed by atoms with Gasteiger partial charge in [0.25, 0.3) is 5.89 Å². The van der Waals surface area contributed by atoms with Gasteiger partial charge in [-0.05, 0) is 48.4 Å². The third-order valence-electron chi connectivity index (χ3n) is 4.23. The maximum atomic E-state index is 14.5. The van der Waals surface area contributed by atoms with Crippen molar-refractivity contribution in [2.75, 3.05) is 0 Å². The lowest BCUT2D eigenvalue weighted by Crippen LogP contribution is -1.90. The minimum absolute atomic E-state index is 0.0433. The Morgan fingerprint density at radius 2 is 2.00 bits per heavy atom. The van der Waals surface area contributed by atoms with Gasteiger partial charge in [0.1, 0.15) is 11.6 Å². The van der Waals surface area contributed by atoms with Crippen LogP contribution in [0.5, 0.6) is 11.5 Å². The molecule has 0 bridgehead atoms. The fraction of sp³-hybridized carbons (Fsp3) is 0.143. The van der Waals surface area contributed by atoms with Crippen LogP contribution in [0.2, 0.25) is 0 Å². The summed E-state index contributed by atoms with van der Waals surface area (Å²) in [5, 5.41) is 13.3. The highest BCUT2D eigenvalue weighted by Crippen LogP contribution is 2.34. The fourth-order valence-electron chi connectivity index (χ4n) is 2.82. The Bertz CT molecular complexity index is 1160. The van der Waals surface area contributed by atoms with Crippen LogP contribution in [0.25, 0.3) is 22.2 Å². The lowest BCUT2D eigenvalue weighted by atomic mass is 10.2. The normalized spacial score (nSPS) is 11.0. The van der Waals surface area contributed by atoms with Gasteiger partial charge in [-0.25, -0.2) is 8.78 Å². The van der Waals surface area contributed by atoms with Gasteiger partial charge in [-0.3, -0.25) is 0 Å². The SMILES string of the molecule is CCc1cc(CO)sc1-c1noc(-c2ccc(Oc3cccc(F)c3)c(F)c2)n1. The topological polar surface area (TPSA) is 68.4 Å². The summed E-state index contributed by atoms with van der Waals surface area (Å²) in [6.07, 6.45) is 0.760. The van der Waals surface area contributed by atoms with Crippen molar-refractivity contribution >= 4 is 11.3 Å². The van der Waals surface area contributed by atoms with Crippen LogP contribution in [0.15, 0.2) is 53.1 Å². The second kappa shape index (κ2) is 8.10. The van der Waals surface area contributed by atoms with E-state index in [1.54, 1.807) is 6.07 Å². The molecule has 0 radical (unpaired) electrons. The predicted molar refractivity (Wildman–Crippen MR) is 105 cm³/mol. The van der Waals surface area contributed by atoms with Gasteiger partial charge < -0.3 is 14.4 Å². The molecule has 0 atom stereocenters. The second-order valence-corrected chi connectivity index (χ2v) is 7.34. The van der Waals surface area contributed by atoms with E-state index in [1.165, 1.54) is 47.7 Å². The number of hydrogen-bond acceptors (Lipinski definition) is 6. The Labute approximate surface area is 169 Å². The molecule has 0 unspecified atom stereocenters. The highest BCUT2D eigenvalue weighted by Gasteiger charge is 2.18. The van der Waals surface area contributed by atoms with Crippen molar-refractivity contribution in [3.8, 4) is 33.7 Å². The van der Waals surface area contributed by atoms with Gasteiger partial charge in [0.05, 0.1) is 11.5 Å². The third-order valence-corrected chi connectivity index (χ3v) is 5.39. The smallest absolute Gasteiger partial charge is 0.258 e. The van der Waals surface area contributed by atoms with Gasteiger partial charge in [-0.2, -0.15) is 4.98 Å². The number of aromatic nitrogens is 2. The molecule has 0 amide bonds. The van der Waals surface area contributed by atoms with E-state index in [4.69, 9.17) is 9.26 Å². The summed E-state index contributed by atoms with van der Waals surface area (Å²) >= 11 is 1.39. The number of aliphatic hydroxyl groups excluding tert-OH is 1. The van der Waals surface area contributed by atoms with E-state index in [0.29, 0.717) is 11.4 Å². The first kappa shape index (κ1) is 19.2. The Balaban J connectivity index is 1.60. The molecule has 0 aliphatic carbocycles. The van der Waals surface area contributed by atoms with Gasteiger partial charge in [-0.15, -0.1) is 11.3 Å². The van der Waals surface area contributed by atoms with E-state index in [9.17, 15) is 13.9 Å². The van der Waals surface area contributed by atoms with Crippen molar-refractivity contribution in [2.24, 2.45) is 0 Å². The van der Waals surface area contributed by atoms with Crippen LogP contribution < -0.4 is 4.74 Å². The number of benzene rings is 2. The molecule has 148 valence electrons. The van der Waals surface area contributed by atoms with Gasteiger partial charge in [0.2, 0.25) is 5.82 Å². The number of ether oxygens (including phenoxy) is 1. The molecule has 8 heteroatoms. The van der Waals surface area contributed by atoms with Crippen molar-refractivity contribution in [3.05, 3.63) is 70.6 Å². The average molecular weight is 414 g/mol. The quantitative estimate of drug-likeness (QED) is 0.445. The highest BCUT2D eigenvalue weighted by atomic mass is 32.1. The van der Waals surface area contributed by atoms with E-state index in [1.807, 2.05) is 13.0 Å².